The highest BCUT2D eigenvalue weighted by molar-refractivity contribution is 7.88. The topological polar surface area (TPSA) is 56.4 Å². The van der Waals surface area contributed by atoms with Gasteiger partial charge >= 0.3 is 6.18 Å². The lowest BCUT2D eigenvalue weighted by atomic mass is 9.87. The number of nitrogens with zero attached hydrogens (tertiary/aromatic N) is 2. The number of anilines is 1. The average Bonchev–Trinajstić information content (AvgIpc) is 3.07. The Morgan fingerprint density at radius 3 is 2.48 bits per heavy atom. The van der Waals surface area contributed by atoms with Gasteiger partial charge in [0.2, 0.25) is 10.0 Å². The van der Waals surface area contributed by atoms with Crippen molar-refractivity contribution in [2.75, 3.05) is 24.2 Å². The van der Waals surface area contributed by atoms with Gasteiger partial charge in [-0.15, -0.1) is 0 Å². The summed E-state index contributed by atoms with van der Waals surface area (Å²) >= 11 is 0. The number of H-pyrrole nitrogens is 1. The summed E-state index contributed by atoms with van der Waals surface area (Å²) in [6.07, 6.45) is 1.81. The maximum atomic E-state index is 13.4. The second kappa shape index (κ2) is 6.41. The van der Waals surface area contributed by atoms with Crippen LogP contribution >= 0.6 is 0 Å². The molecule has 1 aromatic heterocycles. The lowest BCUT2D eigenvalue weighted by molar-refractivity contribution is -0.137. The molecule has 0 spiro atoms. The number of aromatic nitrogens is 1. The number of halogens is 3. The zero-order chi connectivity index (χ0) is 19.4. The summed E-state index contributed by atoms with van der Waals surface area (Å²) in [6, 6.07) is 3.82. The predicted octanol–water partition coefficient (Wildman–Crippen LogP) is 3.58. The van der Waals surface area contributed by atoms with Crippen molar-refractivity contribution >= 4 is 26.6 Å². The second-order valence-electron chi connectivity index (χ2n) is 7.42. The molecule has 9 heteroatoms. The van der Waals surface area contributed by atoms with Crippen LogP contribution in [-0.2, 0) is 16.2 Å². The Balaban J connectivity index is 1.80. The maximum Gasteiger partial charge on any atom is 0.416 e. The van der Waals surface area contributed by atoms with Crippen LogP contribution in [0.5, 0.6) is 0 Å². The molecule has 2 unspecified atom stereocenters. The van der Waals surface area contributed by atoms with Crippen LogP contribution in [0.4, 0.5) is 18.9 Å². The van der Waals surface area contributed by atoms with Gasteiger partial charge in [0.05, 0.1) is 11.8 Å². The third-order valence-electron chi connectivity index (χ3n) is 5.74. The molecule has 1 aliphatic heterocycles. The first-order chi connectivity index (χ1) is 12.7. The Labute approximate surface area is 156 Å². The number of piperazine rings is 1. The molecule has 1 saturated carbocycles. The van der Waals surface area contributed by atoms with Crippen LogP contribution in [0.25, 0.3) is 10.9 Å². The summed E-state index contributed by atoms with van der Waals surface area (Å²) in [4.78, 5) is 4.88. The number of fused-ring (bicyclic) bond motifs is 2. The predicted molar refractivity (Wildman–Crippen MR) is 98.2 cm³/mol. The monoisotopic (exact) mass is 401 g/mol. The quantitative estimate of drug-likeness (QED) is 0.837. The summed E-state index contributed by atoms with van der Waals surface area (Å²) in [6.45, 7) is 0.679. The van der Waals surface area contributed by atoms with E-state index in [1.54, 1.807) is 12.3 Å². The van der Waals surface area contributed by atoms with Crippen molar-refractivity contribution < 1.29 is 21.6 Å². The zero-order valence-corrected chi connectivity index (χ0v) is 15.8. The van der Waals surface area contributed by atoms with Crippen molar-refractivity contribution in [3.05, 3.63) is 30.0 Å². The molecule has 1 saturated heterocycles. The van der Waals surface area contributed by atoms with E-state index >= 15 is 0 Å². The molecule has 4 rings (SSSR count). The Morgan fingerprint density at radius 1 is 1.11 bits per heavy atom. The number of sulfonamides is 1. The highest BCUT2D eigenvalue weighted by Crippen LogP contribution is 2.40. The molecule has 5 nitrogen and oxygen atoms in total. The Bertz CT molecular complexity index is 954. The first-order valence-electron chi connectivity index (χ1n) is 9.08. The van der Waals surface area contributed by atoms with E-state index in [1.165, 1.54) is 16.6 Å². The van der Waals surface area contributed by atoms with Crippen LogP contribution < -0.4 is 4.90 Å². The minimum atomic E-state index is -4.44. The van der Waals surface area contributed by atoms with Gasteiger partial charge in [-0.3, -0.25) is 0 Å². The van der Waals surface area contributed by atoms with Crippen molar-refractivity contribution in [3.63, 3.8) is 0 Å². The Morgan fingerprint density at radius 2 is 1.81 bits per heavy atom. The molecule has 2 aromatic rings. The molecule has 1 aromatic carbocycles. The lowest BCUT2D eigenvalue weighted by Gasteiger charge is -2.50. The third kappa shape index (κ3) is 3.31. The van der Waals surface area contributed by atoms with E-state index in [9.17, 15) is 21.6 Å². The first kappa shape index (κ1) is 18.6. The summed E-state index contributed by atoms with van der Waals surface area (Å²) < 4.78 is 66.1. The van der Waals surface area contributed by atoms with Crippen LogP contribution in [0, 0.1) is 0 Å². The van der Waals surface area contributed by atoms with Crippen molar-refractivity contribution in [1.82, 2.24) is 9.29 Å². The minimum absolute atomic E-state index is 0.108. The molecule has 1 aliphatic carbocycles. The van der Waals surface area contributed by atoms with Gasteiger partial charge in [-0.05, 0) is 31.0 Å². The maximum absolute atomic E-state index is 13.4. The van der Waals surface area contributed by atoms with E-state index in [-0.39, 0.29) is 12.1 Å². The molecule has 2 atom stereocenters. The van der Waals surface area contributed by atoms with Crippen LogP contribution in [-0.4, -0.2) is 49.1 Å². The van der Waals surface area contributed by atoms with Crippen molar-refractivity contribution in [2.24, 2.45) is 0 Å². The van der Waals surface area contributed by atoms with Gasteiger partial charge in [-0.2, -0.15) is 17.5 Å². The van der Waals surface area contributed by atoms with Gasteiger partial charge < -0.3 is 9.88 Å². The molecule has 1 N–H and O–H groups in total. The normalized spacial score (nSPS) is 25.0. The van der Waals surface area contributed by atoms with Crippen LogP contribution in [0.3, 0.4) is 0 Å². The summed E-state index contributed by atoms with van der Waals surface area (Å²) in [5, 5.41) is 0.736. The summed E-state index contributed by atoms with van der Waals surface area (Å²) in [5.74, 6) is 0. The standard InChI is InChI=1S/C18H22F3N3O2S/c1-27(25,26)24-9-8-23(15-4-2-3-5-16(15)24)17-11-12(18(19,20)21)10-14-13(17)6-7-22-14/h6-7,10-11,15-16,22H,2-5,8-9H2,1H3. The average molecular weight is 401 g/mol. The summed E-state index contributed by atoms with van der Waals surface area (Å²) in [7, 11) is -3.34. The Hall–Kier alpha value is -1.74. The van der Waals surface area contributed by atoms with Gasteiger partial charge in [0.25, 0.3) is 0 Å². The number of rotatable bonds is 2. The highest BCUT2D eigenvalue weighted by Gasteiger charge is 2.42. The molecule has 2 heterocycles. The van der Waals surface area contributed by atoms with E-state index < -0.39 is 21.8 Å². The van der Waals surface area contributed by atoms with E-state index in [2.05, 4.69) is 4.98 Å². The molecule has 2 fully saturated rings. The number of hydrogen-bond donors (Lipinski definition) is 1. The van der Waals surface area contributed by atoms with Gasteiger partial charge in [0.1, 0.15) is 0 Å². The van der Waals surface area contributed by atoms with E-state index in [0.717, 1.165) is 37.1 Å². The molecule has 148 valence electrons. The zero-order valence-electron chi connectivity index (χ0n) is 15.0. The summed E-state index contributed by atoms with van der Waals surface area (Å²) in [5.41, 5.74) is 0.286. The highest BCUT2D eigenvalue weighted by atomic mass is 32.2. The fraction of sp³-hybridized carbons (Fsp3) is 0.556. The van der Waals surface area contributed by atoms with Crippen molar-refractivity contribution in [1.29, 1.82) is 0 Å². The smallest absolute Gasteiger partial charge is 0.365 e. The third-order valence-corrected chi connectivity index (χ3v) is 7.04. The largest absolute Gasteiger partial charge is 0.416 e. The number of hydrogen-bond acceptors (Lipinski definition) is 3. The fourth-order valence-corrected chi connectivity index (χ4v) is 5.74. The fourth-order valence-electron chi connectivity index (χ4n) is 4.59. The van der Waals surface area contributed by atoms with Crippen molar-refractivity contribution in [2.45, 2.75) is 43.9 Å². The van der Waals surface area contributed by atoms with E-state index in [0.29, 0.717) is 24.3 Å². The Kier molecular flexibility index (Phi) is 4.42. The number of aromatic amines is 1. The van der Waals surface area contributed by atoms with Crippen LogP contribution in [0.2, 0.25) is 0 Å². The molecule has 0 amide bonds. The lowest BCUT2D eigenvalue weighted by Crippen LogP contribution is -2.62. The molecule has 27 heavy (non-hydrogen) atoms. The van der Waals surface area contributed by atoms with Gasteiger partial charge in [0, 0.05) is 48.0 Å². The van der Waals surface area contributed by atoms with E-state index in [4.69, 9.17) is 0 Å². The molecular formula is C18H22F3N3O2S. The first-order valence-corrected chi connectivity index (χ1v) is 10.9. The molecular weight excluding hydrogens is 379 g/mol. The van der Waals surface area contributed by atoms with Gasteiger partial charge in [-0.1, -0.05) is 12.8 Å². The number of nitrogens with one attached hydrogen (secondary N) is 1. The van der Waals surface area contributed by atoms with Crippen LogP contribution in [0.1, 0.15) is 31.2 Å². The number of alkyl halides is 3. The molecule has 0 radical (unpaired) electrons. The van der Waals surface area contributed by atoms with Gasteiger partial charge in [-0.25, -0.2) is 8.42 Å². The minimum Gasteiger partial charge on any atom is -0.365 e. The second-order valence-corrected chi connectivity index (χ2v) is 9.35. The molecule has 2 aliphatic rings. The van der Waals surface area contributed by atoms with Gasteiger partial charge in [0.15, 0.2) is 0 Å². The van der Waals surface area contributed by atoms with Crippen molar-refractivity contribution in [3.8, 4) is 0 Å². The van der Waals surface area contributed by atoms with Crippen LogP contribution in [0.15, 0.2) is 24.4 Å². The molecule has 0 bridgehead atoms. The number of benzene rings is 1. The van der Waals surface area contributed by atoms with E-state index in [1.807, 2.05) is 4.90 Å². The SMILES string of the molecule is CS(=O)(=O)N1CCN(c2cc(C(F)(F)F)cc3[nH]ccc23)C2CCCCC21.